The van der Waals surface area contributed by atoms with Crippen molar-refractivity contribution in [3.8, 4) is 0 Å². The van der Waals surface area contributed by atoms with Crippen molar-refractivity contribution in [2.75, 3.05) is 19.7 Å². The zero-order valence-electron chi connectivity index (χ0n) is 10.2. The van der Waals surface area contributed by atoms with Crippen LogP contribution in [0.4, 0.5) is 0 Å². The highest BCUT2D eigenvalue weighted by atomic mass is 16.5. The minimum Gasteiger partial charge on any atom is -0.460 e. The second-order valence-electron chi connectivity index (χ2n) is 4.63. The molecule has 0 saturated carbocycles. The highest BCUT2D eigenvalue weighted by Gasteiger charge is 2.39. The maximum Gasteiger partial charge on any atom is 0.375 e. The average Bonchev–Trinajstić information content (AvgIpc) is 2.29. The molecule has 1 heterocycles. The van der Waals surface area contributed by atoms with E-state index in [1.165, 1.54) is 0 Å². The lowest BCUT2D eigenvalue weighted by atomic mass is 9.77. The Labute approximate surface area is 96.7 Å². The number of carbonyl (C=O) groups excluding carboxylic acids is 2. The topological polar surface area (TPSA) is 55.4 Å². The fraction of sp³-hybridized carbons (Fsp3) is 0.833. The number of nitrogens with one attached hydrogen (secondary N) is 1. The molecular weight excluding hydrogens is 206 g/mol. The third-order valence-electron chi connectivity index (χ3n) is 3.17. The van der Waals surface area contributed by atoms with Gasteiger partial charge >= 0.3 is 5.97 Å². The van der Waals surface area contributed by atoms with Gasteiger partial charge in [-0.1, -0.05) is 20.3 Å². The van der Waals surface area contributed by atoms with Crippen molar-refractivity contribution >= 4 is 11.8 Å². The van der Waals surface area contributed by atoms with Crippen LogP contribution >= 0.6 is 0 Å². The van der Waals surface area contributed by atoms with Crippen LogP contribution in [-0.4, -0.2) is 31.4 Å². The summed E-state index contributed by atoms with van der Waals surface area (Å²) in [4.78, 5) is 23.4. The van der Waals surface area contributed by atoms with Crippen molar-refractivity contribution in [2.24, 2.45) is 5.41 Å². The first-order valence-corrected chi connectivity index (χ1v) is 6.02. The van der Waals surface area contributed by atoms with Gasteiger partial charge in [0.15, 0.2) is 0 Å². The molecule has 1 saturated heterocycles. The average molecular weight is 227 g/mol. The standard InChI is InChI=1S/C12H21NO3/c1-3-4-9-16-11(15)10(14)12(2)5-7-13-8-6-12/h13H,3-9H2,1-2H3. The smallest absolute Gasteiger partial charge is 0.375 e. The fourth-order valence-electron chi connectivity index (χ4n) is 1.83. The molecule has 1 aliphatic rings. The molecule has 4 heteroatoms. The van der Waals surface area contributed by atoms with Crippen LogP contribution in [0.5, 0.6) is 0 Å². The number of ether oxygens (including phenoxy) is 1. The van der Waals surface area contributed by atoms with Gasteiger partial charge in [0.05, 0.1) is 6.61 Å². The van der Waals surface area contributed by atoms with Crippen LogP contribution in [0, 0.1) is 5.41 Å². The van der Waals surface area contributed by atoms with E-state index in [2.05, 4.69) is 5.32 Å². The molecule has 16 heavy (non-hydrogen) atoms. The summed E-state index contributed by atoms with van der Waals surface area (Å²) in [6, 6.07) is 0. The maximum atomic E-state index is 11.9. The first-order chi connectivity index (χ1) is 7.60. The van der Waals surface area contributed by atoms with E-state index in [4.69, 9.17) is 4.74 Å². The van der Waals surface area contributed by atoms with Crippen molar-refractivity contribution in [2.45, 2.75) is 39.5 Å². The van der Waals surface area contributed by atoms with E-state index in [-0.39, 0.29) is 5.78 Å². The maximum absolute atomic E-state index is 11.9. The molecule has 0 unspecified atom stereocenters. The SMILES string of the molecule is CCCCOC(=O)C(=O)C1(C)CCNCC1. The number of carbonyl (C=O) groups is 2. The summed E-state index contributed by atoms with van der Waals surface area (Å²) in [5, 5.41) is 3.18. The highest BCUT2D eigenvalue weighted by Crippen LogP contribution is 2.29. The van der Waals surface area contributed by atoms with Crippen LogP contribution < -0.4 is 5.32 Å². The van der Waals surface area contributed by atoms with Gasteiger partial charge in [-0.15, -0.1) is 0 Å². The van der Waals surface area contributed by atoms with Gasteiger partial charge in [-0.05, 0) is 32.4 Å². The van der Waals surface area contributed by atoms with Gasteiger partial charge in [0.1, 0.15) is 0 Å². The van der Waals surface area contributed by atoms with Gasteiger partial charge in [0.25, 0.3) is 0 Å². The zero-order chi connectivity index (χ0) is 12.0. The van der Waals surface area contributed by atoms with Crippen LogP contribution in [0.3, 0.4) is 0 Å². The molecule has 1 rings (SSSR count). The third kappa shape index (κ3) is 3.30. The third-order valence-corrected chi connectivity index (χ3v) is 3.17. The van der Waals surface area contributed by atoms with Crippen LogP contribution in [-0.2, 0) is 14.3 Å². The van der Waals surface area contributed by atoms with Crippen molar-refractivity contribution in [1.82, 2.24) is 5.32 Å². The number of Topliss-reactive ketones (excluding diaryl/α,β-unsaturated/α-hetero) is 1. The van der Waals surface area contributed by atoms with Gasteiger partial charge in [0.2, 0.25) is 5.78 Å². The lowest BCUT2D eigenvalue weighted by molar-refractivity contribution is -0.159. The lowest BCUT2D eigenvalue weighted by Gasteiger charge is -2.31. The Morgan fingerprint density at radius 1 is 1.31 bits per heavy atom. The van der Waals surface area contributed by atoms with E-state index in [9.17, 15) is 9.59 Å². The van der Waals surface area contributed by atoms with Gasteiger partial charge in [0, 0.05) is 5.41 Å². The molecule has 0 aliphatic carbocycles. The zero-order valence-corrected chi connectivity index (χ0v) is 10.2. The summed E-state index contributed by atoms with van der Waals surface area (Å²) in [7, 11) is 0. The quantitative estimate of drug-likeness (QED) is 0.437. The second kappa shape index (κ2) is 5.99. The summed E-state index contributed by atoms with van der Waals surface area (Å²) in [5.41, 5.74) is -0.519. The molecular formula is C12H21NO3. The van der Waals surface area contributed by atoms with Gasteiger partial charge in [-0.25, -0.2) is 4.79 Å². The highest BCUT2D eigenvalue weighted by molar-refractivity contribution is 6.35. The molecule has 1 fully saturated rings. The van der Waals surface area contributed by atoms with Crippen LogP contribution in [0.15, 0.2) is 0 Å². The van der Waals surface area contributed by atoms with E-state index in [0.717, 1.165) is 25.9 Å². The molecule has 0 bridgehead atoms. The summed E-state index contributed by atoms with van der Waals surface area (Å²) >= 11 is 0. The molecule has 4 nitrogen and oxygen atoms in total. The monoisotopic (exact) mass is 227 g/mol. The lowest BCUT2D eigenvalue weighted by Crippen LogP contribution is -2.43. The molecule has 0 radical (unpaired) electrons. The summed E-state index contributed by atoms with van der Waals surface area (Å²) in [6.07, 6.45) is 3.21. The number of piperidine rings is 1. The molecule has 0 amide bonds. The number of unbranched alkanes of at least 4 members (excludes halogenated alkanes) is 1. The number of ketones is 1. The summed E-state index contributed by atoms with van der Waals surface area (Å²) < 4.78 is 4.95. The van der Waals surface area contributed by atoms with Gasteiger partial charge in [-0.3, -0.25) is 4.79 Å². The van der Waals surface area contributed by atoms with Gasteiger partial charge < -0.3 is 10.1 Å². The second-order valence-corrected chi connectivity index (χ2v) is 4.63. The Kier molecular flexibility index (Phi) is 4.93. The molecule has 1 aliphatic heterocycles. The fourth-order valence-corrected chi connectivity index (χ4v) is 1.83. The summed E-state index contributed by atoms with van der Waals surface area (Å²) in [5.74, 6) is -1.01. The number of rotatable bonds is 5. The van der Waals surface area contributed by atoms with Gasteiger partial charge in [-0.2, -0.15) is 0 Å². The molecule has 0 spiro atoms. The number of esters is 1. The van der Waals surface area contributed by atoms with Crippen molar-refractivity contribution in [1.29, 1.82) is 0 Å². The predicted molar refractivity (Wildman–Crippen MR) is 61.1 cm³/mol. The Morgan fingerprint density at radius 2 is 1.94 bits per heavy atom. The van der Waals surface area contributed by atoms with Crippen LogP contribution in [0.2, 0.25) is 0 Å². The first kappa shape index (κ1) is 13.2. The molecule has 0 aromatic carbocycles. The van der Waals surface area contributed by atoms with E-state index in [0.29, 0.717) is 19.4 Å². The van der Waals surface area contributed by atoms with Crippen LogP contribution in [0.1, 0.15) is 39.5 Å². The Morgan fingerprint density at radius 3 is 2.50 bits per heavy atom. The number of hydrogen-bond acceptors (Lipinski definition) is 4. The minimum absolute atomic E-state index is 0.356. The van der Waals surface area contributed by atoms with Crippen molar-refractivity contribution in [3.63, 3.8) is 0 Å². The molecule has 0 atom stereocenters. The van der Waals surface area contributed by atoms with Crippen molar-refractivity contribution < 1.29 is 14.3 Å². The van der Waals surface area contributed by atoms with Crippen LogP contribution in [0.25, 0.3) is 0 Å². The predicted octanol–water partition coefficient (Wildman–Crippen LogP) is 1.29. The van der Waals surface area contributed by atoms with Crippen molar-refractivity contribution in [3.05, 3.63) is 0 Å². The van der Waals surface area contributed by atoms with E-state index in [1.807, 2.05) is 13.8 Å². The number of hydrogen-bond donors (Lipinski definition) is 1. The van der Waals surface area contributed by atoms with E-state index < -0.39 is 11.4 Å². The minimum atomic E-state index is -0.655. The Balaban J connectivity index is 2.45. The molecule has 0 aromatic rings. The van der Waals surface area contributed by atoms with E-state index >= 15 is 0 Å². The first-order valence-electron chi connectivity index (χ1n) is 6.02. The largest absolute Gasteiger partial charge is 0.460 e. The Bertz CT molecular complexity index is 257. The molecule has 92 valence electrons. The molecule has 1 N–H and O–H groups in total. The molecule has 0 aromatic heterocycles. The summed E-state index contributed by atoms with van der Waals surface area (Å²) in [6.45, 7) is 5.82. The normalized spacial score (nSPS) is 19.1. The Hall–Kier alpha value is -0.900. The van der Waals surface area contributed by atoms with E-state index in [1.54, 1.807) is 0 Å².